The first-order valence-electron chi connectivity index (χ1n) is 7.00. The van der Waals surface area contributed by atoms with Gasteiger partial charge >= 0.3 is 5.69 Å². The fourth-order valence-electron chi connectivity index (χ4n) is 2.47. The van der Waals surface area contributed by atoms with Gasteiger partial charge in [-0.25, -0.2) is 0 Å². The fourth-order valence-corrected chi connectivity index (χ4v) is 2.47. The minimum atomic E-state index is -0.942. The van der Waals surface area contributed by atoms with Crippen molar-refractivity contribution in [3.63, 3.8) is 0 Å². The van der Waals surface area contributed by atoms with Crippen LogP contribution in [0.3, 0.4) is 0 Å². The van der Waals surface area contributed by atoms with Gasteiger partial charge in [-0.05, 0) is 30.2 Å². The number of anilines is 1. The van der Waals surface area contributed by atoms with Crippen molar-refractivity contribution in [2.24, 2.45) is 5.92 Å². The summed E-state index contributed by atoms with van der Waals surface area (Å²) in [6, 6.07) is 10.7. The van der Waals surface area contributed by atoms with E-state index in [-0.39, 0.29) is 18.2 Å². The van der Waals surface area contributed by atoms with Crippen molar-refractivity contribution in [2.75, 3.05) is 11.9 Å². The number of rotatable bonds is 3. The van der Waals surface area contributed by atoms with Crippen molar-refractivity contribution < 1.29 is 18.8 Å². The number of benzene rings is 2. The van der Waals surface area contributed by atoms with Crippen LogP contribution in [0.1, 0.15) is 5.56 Å². The van der Waals surface area contributed by atoms with Crippen LogP contribution in [0, 0.1) is 21.8 Å². The molecule has 2 aromatic carbocycles. The Morgan fingerprint density at radius 1 is 1.30 bits per heavy atom. The van der Waals surface area contributed by atoms with Gasteiger partial charge in [0.2, 0.25) is 11.7 Å². The lowest BCUT2D eigenvalue weighted by atomic mass is 9.96. The fraction of sp³-hybridized carbons (Fsp3) is 0.188. The number of nitrogens with zero attached hydrogens (tertiary/aromatic N) is 1. The van der Waals surface area contributed by atoms with E-state index < -0.39 is 22.3 Å². The van der Waals surface area contributed by atoms with Crippen molar-refractivity contribution in [3.05, 3.63) is 64.0 Å². The first kappa shape index (κ1) is 15.0. The Morgan fingerprint density at radius 2 is 2.09 bits per heavy atom. The van der Waals surface area contributed by atoms with Gasteiger partial charge in [0.25, 0.3) is 0 Å². The molecule has 1 amide bonds. The van der Waals surface area contributed by atoms with Crippen LogP contribution in [-0.2, 0) is 11.2 Å². The summed E-state index contributed by atoms with van der Waals surface area (Å²) in [4.78, 5) is 22.2. The molecular weight excluding hydrogens is 303 g/mol. The van der Waals surface area contributed by atoms with Crippen LogP contribution in [0.2, 0.25) is 0 Å². The Bertz CT molecular complexity index is 778. The van der Waals surface area contributed by atoms with Crippen molar-refractivity contribution >= 4 is 17.3 Å². The first-order valence-corrected chi connectivity index (χ1v) is 7.00. The van der Waals surface area contributed by atoms with E-state index in [0.717, 1.165) is 23.4 Å². The summed E-state index contributed by atoms with van der Waals surface area (Å²) in [5.41, 5.74) is 0.444. The monoisotopic (exact) mass is 316 g/mol. The molecule has 7 heteroatoms. The molecule has 23 heavy (non-hydrogen) atoms. The molecule has 1 aliphatic rings. The number of nitro groups is 1. The van der Waals surface area contributed by atoms with Crippen LogP contribution in [0.15, 0.2) is 42.5 Å². The van der Waals surface area contributed by atoms with E-state index in [1.165, 1.54) is 6.07 Å². The lowest BCUT2D eigenvalue weighted by Crippen LogP contribution is -2.32. The quantitative estimate of drug-likeness (QED) is 0.697. The SMILES string of the molecule is O=C(Nc1ccc(F)c([N+](=O)[O-])c1)C1COc2ccccc2C1. The van der Waals surface area contributed by atoms with E-state index in [9.17, 15) is 19.3 Å². The second kappa shape index (κ2) is 6.04. The van der Waals surface area contributed by atoms with Gasteiger partial charge in [-0.2, -0.15) is 4.39 Å². The van der Waals surface area contributed by atoms with Gasteiger partial charge in [-0.15, -0.1) is 0 Å². The molecule has 0 radical (unpaired) electrons. The Kier molecular flexibility index (Phi) is 3.92. The average molecular weight is 316 g/mol. The number of hydrogen-bond donors (Lipinski definition) is 1. The summed E-state index contributed by atoms with van der Waals surface area (Å²) in [6.07, 6.45) is 0.519. The second-order valence-corrected chi connectivity index (χ2v) is 5.23. The third-order valence-corrected chi connectivity index (χ3v) is 3.66. The highest BCUT2D eigenvalue weighted by atomic mass is 19.1. The molecule has 0 saturated heterocycles. The first-order chi connectivity index (χ1) is 11.0. The summed E-state index contributed by atoms with van der Waals surface area (Å²) < 4.78 is 18.9. The number of hydrogen-bond acceptors (Lipinski definition) is 4. The van der Waals surface area contributed by atoms with Crippen LogP contribution in [-0.4, -0.2) is 17.4 Å². The highest BCUT2D eigenvalue weighted by Gasteiger charge is 2.26. The molecule has 1 atom stereocenters. The van der Waals surface area contributed by atoms with Crippen LogP contribution in [0.4, 0.5) is 15.8 Å². The summed E-state index contributed by atoms with van der Waals surface area (Å²) in [5.74, 6) is -0.911. The van der Waals surface area contributed by atoms with E-state index in [1.54, 1.807) is 0 Å². The van der Waals surface area contributed by atoms with Gasteiger partial charge in [0.1, 0.15) is 12.4 Å². The van der Waals surface area contributed by atoms with Crippen molar-refractivity contribution in [2.45, 2.75) is 6.42 Å². The minimum absolute atomic E-state index is 0.182. The number of fused-ring (bicyclic) bond motifs is 1. The Hall–Kier alpha value is -2.96. The maximum Gasteiger partial charge on any atom is 0.306 e. The third kappa shape index (κ3) is 3.13. The highest BCUT2D eigenvalue weighted by Crippen LogP contribution is 2.28. The molecule has 0 saturated carbocycles. The zero-order valence-electron chi connectivity index (χ0n) is 12.0. The molecule has 1 N–H and O–H groups in total. The number of nitrogens with one attached hydrogen (secondary N) is 1. The number of carbonyl (C=O) groups excluding carboxylic acids is 1. The molecule has 0 bridgehead atoms. The van der Waals surface area contributed by atoms with Crippen molar-refractivity contribution in [3.8, 4) is 5.75 Å². The summed E-state index contributed by atoms with van der Waals surface area (Å²) in [7, 11) is 0. The average Bonchev–Trinajstić information content (AvgIpc) is 2.55. The minimum Gasteiger partial charge on any atom is -0.492 e. The molecule has 1 unspecified atom stereocenters. The lowest BCUT2D eigenvalue weighted by molar-refractivity contribution is -0.387. The Morgan fingerprint density at radius 3 is 2.87 bits per heavy atom. The highest BCUT2D eigenvalue weighted by molar-refractivity contribution is 5.93. The number of halogens is 1. The largest absolute Gasteiger partial charge is 0.492 e. The number of nitro benzene ring substituents is 1. The topological polar surface area (TPSA) is 81.5 Å². The number of carbonyl (C=O) groups is 1. The van der Waals surface area contributed by atoms with Gasteiger partial charge in [-0.3, -0.25) is 14.9 Å². The summed E-state index contributed by atoms with van der Waals surface area (Å²) in [5, 5.41) is 13.3. The molecule has 0 fully saturated rings. The van der Waals surface area contributed by atoms with E-state index in [4.69, 9.17) is 4.74 Å². The van der Waals surface area contributed by atoms with Crippen molar-refractivity contribution in [1.29, 1.82) is 0 Å². The second-order valence-electron chi connectivity index (χ2n) is 5.23. The molecule has 6 nitrogen and oxygen atoms in total. The third-order valence-electron chi connectivity index (χ3n) is 3.66. The molecule has 0 aromatic heterocycles. The van der Waals surface area contributed by atoms with Crippen LogP contribution in [0.5, 0.6) is 5.75 Å². The van der Waals surface area contributed by atoms with Crippen molar-refractivity contribution in [1.82, 2.24) is 0 Å². The van der Waals surface area contributed by atoms with E-state index in [1.807, 2.05) is 24.3 Å². The Labute approximate surface area is 131 Å². The van der Waals surface area contributed by atoms with Crippen LogP contribution >= 0.6 is 0 Å². The molecular formula is C16H13FN2O4. The summed E-state index contributed by atoms with van der Waals surface area (Å²) in [6.45, 7) is 0.228. The molecule has 3 rings (SSSR count). The van der Waals surface area contributed by atoms with Gasteiger partial charge in [0.05, 0.1) is 10.8 Å². The molecule has 118 valence electrons. The number of amides is 1. The van der Waals surface area contributed by atoms with Gasteiger partial charge < -0.3 is 10.1 Å². The molecule has 0 spiro atoms. The molecule has 2 aromatic rings. The standard InChI is InChI=1S/C16H13FN2O4/c17-13-6-5-12(8-14(13)19(21)22)18-16(20)11-7-10-3-1-2-4-15(10)23-9-11/h1-6,8,11H,7,9H2,(H,18,20). The van der Waals surface area contributed by atoms with Gasteiger partial charge in [0, 0.05) is 11.8 Å². The maximum atomic E-state index is 13.3. The zero-order chi connectivity index (χ0) is 16.4. The smallest absolute Gasteiger partial charge is 0.306 e. The Balaban J connectivity index is 1.73. The number of para-hydroxylation sites is 1. The maximum absolute atomic E-state index is 13.3. The van der Waals surface area contributed by atoms with E-state index in [2.05, 4.69) is 5.32 Å². The van der Waals surface area contributed by atoms with E-state index in [0.29, 0.717) is 6.42 Å². The van der Waals surface area contributed by atoms with Crippen LogP contribution in [0.25, 0.3) is 0 Å². The predicted octanol–water partition coefficient (Wildman–Crippen LogP) is 2.92. The van der Waals surface area contributed by atoms with E-state index >= 15 is 0 Å². The lowest BCUT2D eigenvalue weighted by Gasteiger charge is -2.24. The van der Waals surface area contributed by atoms with Gasteiger partial charge in [-0.1, -0.05) is 18.2 Å². The number of ether oxygens (including phenoxy) is 1. The molecule has 0 aliphatic carbocycles. The molecule has 1 aliphatic heterocycles. The van der Waals surface area contributed by atoms with Gasteiger partial charge in [0.15, 0.2) is 0 Å². The molecule has 1 heterocycles. The summed E-state index contributed by atoms with van der Waals surface area (Å²) >= 11 is 0. The normalized spacial score (nSPS) is 16.1. The zero-order valence-corrected chi connectivity index (χ0v) is 12.0. The predicted molar refractivity (Wildman–Crippen MR) is 80.8 cm³/mol. The van der Waals surface area contributed by atoms with Crippen LogP contribution < -0.4 is 10.1 Å².